The Morgan fingerprint density at radius 3 is 1.36 bits per heavy atom. The second-order valence-electron chi connectivity index (χ2n) is 6.89. The Morgan fingerprint density at radius 2 is 0.909 bits per heavy atom. The zero-order chi connectivity index (χ0) is 15.9. The van der Waals surface area contributed by atoms with E-state index < -0.39 is 0 Å². The first-order valence-electron chi connectivity index (χ1n) is 10.0. The van der Waals surface area contributed by atoms with E-state index in [1.54, 1.807) is 11.1 Å². The molecule has 0 aliphatic heterocycles. The van der Waals surface area contributed by atoms with Crippen LogP contribution in [0.4, 0.5) is 0 Å². The van der Waals surface area contributed by atoms with Crippen LogP contribution in [0.3, 0.4) is 0 Å². The van der Waals surface area contributed by atoms with Gasteiger partial charge in [0, 0.05) is 12.4 Å². The third kappa shape index (κ3) is 9.33. The molecule has 1 aromatic rings. The first kappa shape index (κ1) is 19.3. The van der Waals surface area contributed by atoms with Crippen molar-refractivity contribution in [3.05, 3.63) is 23.5 Å². The third-order valence-corrected chi connectivity index (χ3v) is 4.78. The van der Waals surface area contributed by atoms with Gasteiger partial charge in [-0.25, -0.2) is 0 Å². The smallest absolute Gasteiger partial charge is 0.00401 e. The molecule has 0 unspecified atom stereocenters. The van der Waals surface area contributed by atoms with Gasteiger partial charge in [0.25, 0.3) is 0 Å². The normalized spacial score (nSPS) is 11.2. The van der Waals surface area contributed by atoms with Crippen LogP contribution in [0.1, 0.15) is 108 Å². The molecule has 1 rings (SSSR count). The van der Waals surface area contributed by atoms with Gasteiger partial charge in [0.2, 0.25) is 0 Å². The number of aryl methyl sites for hydroxylation is 2. The number of unbranched alkanes of at least 4 members (excludes halogenated alkanes) is 11. The maximum absolute atomic E-state index is 3.32. The highest BCUT2D eigenvalue weighted by Gasteiger charge is 2.03. The summed E-state index contributed by atoms with van der Waals surface area (Å²) in [6.07, 6.45) is 25.3. The molecule has 1 N–H and O–H groups in total. The van der Waals surface area contributed by atoms with Crippen molar-refractivity contribution in [3.63, 3.8) is 0 Å². The predicted molar refractivity (Wildman–Crippen MR) is 99.6 cm³/mol. The first-order chi connectivity index (χ1) is 10.9. The van der Waals surface area contributed by atoms with E-state index in [1.165, 1.54) is 96.3 Å². The molecule has 0 aromatic carbocycles. The van der Waals surface area contributed by atoms with E-state index >= 15 is 0 Å². The molecule has 1 heteroatoms. The van der Waals surface area contributed by atoms with Crippen LogP contribution in [0, 0.1) is 0 Å². The van der Waals surface area contributed by atoms with E-state index in [0.29, 0.717) is 0 Å². The van der Waals surface area contributed by atoms with Gasteiger partial charge < -0.3 is 4.98 Å². The van der Waals surface area contributed by atoms with Crippen LogP contribution < -0.4 is 0 Å². The molecular weight excluding hydrogens is 266 g/mol. The van der Waals surface area contributed by atoms with Crippen LogP contribution in [-0.2, 0) is 12.8 Å². The standard InChI is InChI=1S/C21H39N/c1-3-5-7-9-10-11-12-13-15-17-21-19-22-18-20(21)16-14-8-6-4-2/h18-19,22H,3-17H2,1-2H3. The lowest BCUT2D eigenvalue weighted by Gasteiger charge is -2.05. The maximum atomic E-state index is 3.32. The van der Waals surface area contributed by atoms with Gasteiger partial charge in [0.05, 0.1) is 0 Å². The molecule has 1 heterocycles. The van der Waals surface area contributed by atoms with E-state index in [-0.39, 0.29) is 0 Å². The second kappa shape index (κ2) is 13.9. The topological polar surface area (TPSA) is 15.8 Å². The fourth-order valence-corrected chi connectivity index (χ4v) is 3.26. The van der Waals surface area contributed by atoms with Crippen molar-refractivity contribution in [3.8, 4) is 0 Å². The highest BCUT2D eigenvalue weighted by atomic mass is 14.6. The summed E-state index contributed by atoms with van der Waals surface area (Å²) in [5.74, 6) is 0. The van der Waals surface area contributed by atoms with Gasteiger partial charge in [0.15, 0.2) is 0 Å². The van der Waals surface area contributed by atoms with Crippen LogP contribution in [0.5, 0.6) is 0 Å². The number of aromatic amines is 1. The number of nitrogens with one attached hydrogen (secondary N) is 1. The molecule has 1 aromatic heterocycles. The Morgan fingerprint density at radius 1 is 0.545 bits per heavy atom. The molecule has 0 amide bonds. The molecule has 0 saturated heterocycles. The molecule has 0 spiro atoms. The Kier molecular flexibility index (Phi) is 12.2. The Labute approximate surface area is 139 Å². The monoisotopic (exact) mass is 305 g/mol. The van der Waals surface area contributed by atoms with Gasteiger partial charge in [-0.15, -0.1) is 0 Å². The summed E-state index contributed by atoms with van der Waals surface area (Å²) in [5, 5.41) is 0. The highest BCUT2D eigenvalue weighted by Crippen LogP contribution is 2.17. The van der Waals surface area contributed by atoms with Gasteiger partial charge in [0.1, 0.15) is 0 Å². The van der Waals surface area contributed by atoms with Gasteiger partial charge in [-0.05, 0) is 36.8 Å². The van der Waals surface area contributed by atoms with Crippen molar-refractivity contribution in [1.82, 2.24) is 4.98 Å². The van der Waals surface area contributed by atoms with E-state index in [4.69, 9.17) is 0 Å². The average Bonchev–Trinajstić information content (AvgIpc) is 2.97. The van der Waals surface area contributed by atoms with Crippen LogP contribution in [0.2, 0.25) is 0 Å². The molecule has 0 atom stereocenters. The Bertz CT molecular complexity index is 339. The van der Waals surface area contributed by atoms with Crippen molar-refractivity contribution in [2.45, 2.75) is 110 Å². The predicted octanol–water partition coefficient (Wildman–Crippen LogP) is 7.21. The van der Waals surface area contributed by atoms with Crippen molar-refractivity contribution in [2.75, 3.05) is 0 Å². The molecule has 0 radical (unpaired) electrons. The largest absolute Gasteiger partial charge is 0.367 e. The summed E-state index contributed by atoms with van der Waals surface area (Å²) >= 11 is 0. The lowest BCUT2D eigenvalue weighted by Crippen LogP contribution is -1.91. The zero-order valence-electron chi connectivity index (χ0n) is 15.3. The number of rotatable bonds is 15. The minimum absolute atomic E-state index is 1.27. The molecule has 0 aliphatic carbocycles. The molecule has 0 saturated carbocycles. The van der Waals surface area contributed by atoms with Crippen molar-refractivity contribution < 1.29 is 0 Å². The van der Waals surface area contributed by atoms with Crippen LogP contribution in [0.25, 0.3) is 0 Å². The van der Waals surface area contributed by atoms with Crippen molar-refractivity contribution >= 4 is 0 Å². The van der Waals surface area contributed by atoms with Gasteiger partial charge >= 0.3 is 0 Å². The van der Waals surface area contributed by atoms with Crippen LogP contribution in [-0.4, -0.2) is 4.98 Å². The first-order valence-corrected chi connectivity index (χ1v) is 10.0. The van der Waals surface area contributed by atoms with Gasteiger partial charge in [-0.1, -0.05) is 84.5 Å². The fraction of sp³-hybridized carbons (Fsp3) is 0.810. The third-order valence-electron chi connectivity index (χ3n) is 4.78. The SMILES string of the molecule is CCCCCCCCCCCc1c[nH]cc1CCCCCC. The molecule has 0 fully saturated rings. The molecule has 1 nitrogen and oxygen atoms in total. The number of aromatic nitrogens is 1. The Hall–Kier alpha value is -0.720. The summed E-state index contributed by atoms with van der Waals surface area (Å²) in [6.45, 7) is 4.57. The highest BCUT2D eigenvalue weighted by molar-refractivity contribution is 5.23. The average molecular weight is 306 g/mol. The number of hydrogen-bond donors (Lipinski definition) is 1. The van der Waals surface area contributed by atoms with E-state index in [0.717, 1.165) is 0 Å². The van der Waals surface area contributed by atoms with Crippen LogP contribution in [0.15, 0.2) is 12.4 Å². The minimum Gasteiger partial charge on any atom is -0.367 e. The molecular formula is C21H39N. The maximum Gasteiger partial charge on any atom is 0.00401 e. The quantitative estimate of drug-likeness (QED) is 0.329. The molecule has 0 bridgehead atoms. The Balaban J connectivity index is 2.01. The lowest BCUT2D eigenvalue weighted by molar-refractivity contribution is 0.564. The molecule has 128 valence electrons. The summed E-state index contributed by atoms with van der Waals surface area (Å²) in [7, 11) is 0. The number of hydrogen-bond acceptors (Lipinski definition) is 0. The van der Waals surface area contributed by atoms with Crippen molar-refractivity contribution in [1.29, 1.82) is 0 Å². The zero-order valence-corrected chi connectivity index (χ0v) is 15.3. The van der Waals surface area contributed by atoms with E-state index in [1.807, 2.05) is 0 Å². The van der Waals surface area contributed by atoms with Gasteiger partial charge in [-0.2, -0.15) is 0 Å². The van der Waals surface area contributed by atoms with Crippen LogP contribution >= 0.6 is 0 Å². The summed E-state index contributed by atoms with van der Waals surface area (Å²) in [6, 6.07) is 0. The summed E-state index contributed by atoms with van der Waals surface area (Å²) in [4.78, 5) is 3.32. The van der Waals surface area contributed by atoms with Gasteiger partial charge in [-0.3, -0.25) is 0 Å². The van der Waals surface area contributed by atoms with E-state index in [9.17, 15) is 0 Å². The minimum atomic E-state index is 1.27. The lowest BCUT2D eigenvalue weighted by atomic mass is 10.0. The molecule has 22 heavy (non-hydrogen) atoms. The second-order valence-corrected chi connectivity index (χ2v) is 6.89. The fourth-order valence-electron chi connectivity index (χ4n) is 3.26. The van der Waals surface area contributed by atoms with Crippen molar-refractivity contribution in [2.24, 2.45) is 0 Å². The summed E-state index contributed by atoms with van der Waals surface area (Å²) < 4.78 is 0. The summed E-state index contributed by atoms with van der Waals surface area (Å²) in [5.41, 5.74) is 3.16. The van der Waals surface area contributed by atoms with E-state index in [2.05, 4.69) is 31.2 Å². The number of H-pyrrole nitrogens is 1. The molecule has 0 aliphatic rings.